The van der Waals surface area contributed by atoms with E-state index in [1.54, 1.807) is 4.90 Å². The molecule has 2 aromatic rings. The third-order valence-electron chi connectivity index (χ3n) is 4.96. The molecule has 1 aromatic heterocycles. The summed E-state index contributed by atoms with van der Waals surface area (Å²) in [4.78, 5) is 18.8. The molecule has 2 heterocycles. The molecule has 0 radical (unpaired) electrons. The molecule has 7 nitrogen and oxygen atoms in total. The lowest BCUT2D eigenvalue weighted by Gasteiger charge is -2.34. The lowest BCUT2D eigenvalue weighted by Crippen LogP contribution is -2.49. The largest absolute Gasteiger partial charge is 0.494 e. The van der Waals surface area contributed by atoms with Crippen molar-refractivity contribution < 1.29 is 14.1 Å². The van der Waals surface area contributed by atoms with Crippen molar-refractivity contribution in [3.63, 3.8) is 0 Å². The summed E-state index contributed by atoms with van der Waals surface area (Å²) >= 11 is 0. The molecule has 1 saturated heterocycles. The highest BCUT2D eigenvalue weighted by Crippen LogP contribution is 2.10. The summed E-state index contributed by atoms with van der Waals surface area (Å²) < 4.78 is 11.0. The van der Waals surface area contributed by atoms with Crippen LogP contribution in [0.3, 0.4) is 0 Å². The van der Waals surface area contributed by atoms with Gasteiger partial charge >= 0.3 is 0 Å². The molecule has 0 N–H and O–H groups in total. The molecule has 152 valence electrons. The van der Waals surface area contributed by atoms with E-state index in [1.807, 2.05) is 50.4 Å². The van der Waals surface area contributed by atoms with Crippen molar-refractivity contribution in [1.29, 1.82) is 0 Å². The maximum absolute atomic E-state index is 12.5. The maximum atomic E-state index is 12.5. The van der Waals surface area contributed by atoms with E-state index in [0.29, 0.717) is 19.7 Å². The van der Waals surface area contributed by atoms with Crippen molar-refractivity contribution >= 4 is 5.91 Å². The van der Waals surface area contributed by atoms with Gasteiger partial charge in [0.1, 0.15) is 5.75 Å². The topological polar surface area (TPSA) is 62.0 Å². The molecule has 1 aliphatic rings. The quantitative estimate of drug-likeness (QED) is 0.615. The molecule has 28 heavy (non-hydrogen) atoms. The molecular weight excluding hydrogens is 356 g/mol. The summed E-state index contributed by atoms with van der Waals surface area (Å²) in [6.45, 7) is 8.16. The van der Waals surface area contributed by atoms with Crippen LogP contribution in [0, 0.1) is 6.92 Å². The molecule has 0 aliphatic carbocycles. The molecular formula is C21H30N4O3. The normalized spacial score (nSPS) is 15.5. The van der Waals surface area contributed by atoms with Crippen LogP contribution in [-0.2, 0) is 11.3 Å². The third-order valence-corrected chi connectivity index (χ3v) is 4.96. The molecule has 0 spiro atoms. The Balaban J connectivity index is 1.30. The highest BCUT2D eigenvalue weighted by Gasteiger charge is 2.21. The van der Waals surface area contributed by atoms with Crippen molar-refractivity contribution in [3.05, 3.63) is 47.9 Å². The first kappa shape index (κ1) is 20.4. The Morgan fingerprint density at radius 2 is 1.89 bits per heavy atom. The van der Waals surface area contributed by atoms with Gasteiger partial charge in [0.2, 0.25) is 5.91 Å². The minimum absolute atomic E-state index is 0.166. The van der Waals surface area contributed by atoms with Crippen molar-refractivity contribution in [2.75, 3.05) is 52.9 Å². The van der Waals surface area contributed by atoms with Crippen LogP contribution in [0.2, 0.25) is 0 Å². The lowest BCUT2D eigenvalue weighted by molar-refractivity contribution is -0.131. The number of nitrogens with zero attached hydrogens (tertiary/aromatic N) is 4. The summed E-state index contributed by atoms with van der Waals surface area (Å²) in [6, 6.07) is 11.7. The van der Waals surface area contributed by atoms with E-state index < -0.39 is 0 Å². The highest BCUT2D eigenvalue weighted by atomic mass is 16.5. The summed E-state index contributed by atoms with van der Waals surface area (Å²) in [7, 11) is 1.87. The number of ether oxygens (including phenoxy) is 1. The molecule has 1 aliphatic heterocycles. The van der Waals surface area contributed by atoms with Gasteiger partial charge in [-0.15, -0.1) is 0 Å². The van der Waals surface area contributed by atoms with E-state index in [0.717, 1.165) is 56.3 Å². The number of aromatic nitrogens is 1. The first-order valence-electron chi connectivity index (χ1n) is 9.89. The molecule has 1 aromatic carbocycles. The second-order valence-electron chi connectivity index (χ2n) is 7.32. The summed E-state index contributed by atoms with van der Waals surface area (Å²) in [6.07, 6.45) is 0.821. The number of para-hydroxylation sites is 1. The van der Waals surface area contributed by atoms with Gasteiger partial charge in [-0.05, 0) is 25.5 Å². The molecule has 7 heteroatoms. The van der Waals surface area contributed by atoms with Crippen molar-refractivity contribution in [1.82, 2.24) is 19.9 Å². The molecule has 1 amide bonds. The van der Waals surface area contributed by atoms with Crippen LogP contribution in [0.15, 0.2) is 40.9 Å². The fraction of sp³-hybridized carbons (Fsp3) is 0.524. The average Bonchev–Trinajstić information content (AvgIpc) is 3.12. The number of hydrogen-bond acceptors (Lipinski definition) is 6. The summed E-state index contributed by atoms with van der Waals surface area (Å²) in [5, 5.41) is 3.93. The van der Waals surface area contributed by atoms with Gasteiger partial charge in [0.25, 0.3) is 0 Å². The van der Waals surface area contributed by atoms with Gasteiger partial charge < -0.3 is 14.2 Å². The second-order valence-corrected chi connectivity index (χ2v) is 7.32. The number of amides is 1. The van der Waals surface area contributed by atoms with Gasteiger partial charge in [-0.25, -0.2) is 0 Å². The summed E-state index contributed by atoms with van der Waals surface area (Å²) in [5.41, 5.74) is 0.913. The maximum Gasteiger partial charge on any atom is 0.236 e. The van der Waals surface area contributed by atoms with E-state index in [-0.39, 0.29) is 5.91 Å². The number of carbonyl (C=O) groups is 1. The number of likely N-dealkylation sites (N-methyl/N-ethyl adjacent to an activating group) is 1. The Morgan fingerprint density at radius 3 is 2.57 bits per heavy atom. The molecule has 0 bridgehead atoms. The Morgan fingerprint density at radius 1 is 1.18 bits per heavy atom. The minimum atomic E-state index is 0.166. The van der Waals surface area contributed by atoms with Crippen LogP contribution in [0.25, 0.3) is 0 Å². The van der Waals surface area contributed by atoms with E-state index in [9.17, 15) is 4.79 Å². The zero-order chi connectivity index (χ0) is 19.8. The van der Waals surface area contributed by atoms with Gasteiger partial charge in [0.15, 0.2) is 5.76 Å². The van der Waals surface area contributed by atoms with Crippen LogP contribution < -0.4 is 4.74 Å². The van der Waals surface area contributed by atoms with E-state index in [4.69, 9.17) is 9.26 Å². The van der Waals surface area contributed by atoms with Gasteiger partial charge in [-0.2, -0.15) is 0 Å². The third kappa shape index (κ3) is 6.35. The molecule has 3 rings (SSSR count). The Hall–Kier alpha value is -2.38. The van der Waals surface area contributed by atoms with Crippen LogP contribution in [-0.4, -0.2) is 78.7 Å². The SMILES string of the molecule is Cc1cc(CN2CCN(CC(=O)N(C)CCCOc3ccccc3)CC2)on1. The Labute approximate surface area is 166 Å². The number of carbonyl (C=O) groups excluding carboxylic acids is 1. The zero-order valence-corrected chi connectivity index (χ0v) is 16.8. The lowest BCUT2D eigenvalue weighted by atomic mass is 10.2. The number of aryl methyl sites for hydroxylation is 1. The minimum Gasteiger partial charge on any atom is -0.494 e. The highest BCUT2D eigenvalue weighted by molar-refractivity contribution is 5.77. The molecule has 1 fully saturated rings. The van der Waals surface area contributed by atoms with Crippen molar-refractivity contribution in [2.45, 2.75) is 19.9 Å². The smallest absolute Gasteiger partial charge is 0.236 e. The number of piperazine rings is 1. The molecule has 0 unspecified atom stereocenters. The van der Waals surface area contributed by atoms with Crippen LogP contribution in [0.1, 0.15) is 17.9 Å². The number of hydrogen-bond donors (Lipinski definition) is 0. The fourth-order valence-electron chi connectivity index (χ4n) is 3.26. The van der Waals surface area contributed by atoms with E-state index in [2.05, 4.69) is 15.0 Å². The van der Waals surface area contributed by atoms with Gasteiger partial charge in [-0.1, -0.05) is 23.4 Å². The predicted octanol–water partition coefficient (Wildman–Crippen LogP) is 2.03. The average molecular weight is 386 g/mol. The van der Waals surface area contributed by atoms with Crippen molar-refractivity contribution in [2.24, 2.45) is 0 Å². The standard InChI is InChI=1S/C21H30N4O3/c1-18-15-20(28-22-18)16-24-10-12-25(13-11-24)17-21(26)23(2)9-6-14-27-19-7-4-3-5-8-19/h3-5,7-8,15H,6,9-14,16-17H2,1-2H3. The van der Waals surface area contributed by atoms with Gasteiger partial charge in [0.05, 0.1) is 25.4 Å². The van der Waals surface area contributed by atoms with Gasteiger partial charge in [-0.3, -0.25) is 14.6 Å². The van der Waals surface area contributed by atoms with Gasteiger partial charge in [0, 0.05) is 45.8 Å². The monoisotopic (exact) mass is 386 g/mol. The molecule has 0 atom stereocenters. The molecule has 0 saturated carbocycles. The van der Waals surface area contributed by atoms with E-state index >= 15 is 0 Å². The summed E-state index contributed by atoms with van der Waals surface area (Å²) in [5.74, 6) is 1.94. The van der Waals surface area contributed by atoms with E-state index in [1.165, 1.54) is 0 Å². The second kappa shape index (κ2) is 10.2. The van der Waals surface area contributed by atoms with Crippen LogP contribution in [0.5, 0.6) is 5.75 Å². The number of benzene rings is 1. The van der Waals surface area contributed by atoms with Crippen LogP contribution in [0.4, 0.5) is 0 Å². The Kier molecular flexibility index (Phi) is 7.45. The first-order chi connectivity index (χ1) is 13.6. The number of rotatable bonds is 9. The Bertz CT molecular complexity index is 726. The van der Waals surface area contributed by atoms with Crippen LogP contribution >= 0.6 is 0 Å². The fourth-order valence-corrected chi connectivity index (χ4v) is 3.26. The first-order valence-corrected chi connectivity index (χ1v) is 9.89. The van der Waals surface area contributed by atoms with Crippen molar-refractivity contribution in [3.8, 4) is 5.75 Å². The zero-order valence-electron chi connectivity index (χ0n) is 16.8. The predicted molar refractivity (Wildman–Crippen MR) is 107 cm³/mol.